The highest BCUT2D eigenvalue weighted by molar-refractivity contribution is 5.98. The van der Waals surface area contributed by atoms with Gasteiger partial charge in [-0.1, -0.05) is 60.7 Å². The molecule has 0 radical (unpaired) electrons. The Morgan fingerprint density at radius 1 is 0.897 bits per heavy atom. The Morgan fingerprint density at radius 3 is 2.38 bits per heavy atom. The monoisotopic (exact) mass is 389 g/mol. The topological polar surface area (TPSA) is 75.4 Å². The number of rotatable bonds is 9. The molecule has 150 valence electrons. The number of nitrogens with one attached hydrogen (secondary N) is 1. The lowest BCUT2D eigenvalue weighted by atomic mass is 10.1. The van der Waals surface area contributed by atoms with Crippen LogP contribution in [0.25, 0.3) is 10.8 Å². The minimum absolute atomic E-state index is 0.0149. The van der Waals surface area contributed by atoms with Crippen molar-refractivity contribution in [2.24, 2.45) is 5.73 Å². The third kappa shape index (κ3) is 5.90. The van der Waals surface area contributed by atoms with Crippen LogP contribution < -0.4 is 11.1 Å². The molecule has 0 aliphatic rings. The van der Waals surface area contributed by atoms with E-state index >= 15 is 0 Å². The molecule has 5 heteroatoms. The van der Waals surface area contributed by atoms with Crippen molar-refractivity contribution in [2.75, 3.05) is 19.6 Å². The molecule has 0 bridgehead atoms. The minimum Gasteiger partial charge on any atom is -0.352 e. The Labute approximate surface area is 171 Å². The number of hydrogen-bond donors (Lipinski definition) is 2. The molecular formula is C24H27N3O2. The molecule has 5 nitrogen and oxygen atoms in total. The van der Waals surface area contributed by atoms with E-state index in [1.54, 1.807) is 0 Å². The van der Waals surface area contributed by atoms with Gasteiger partial charge < -0.3 is 16.0 Å². The Kier molecular flexibility index (Phi) is 7.36. The second kappa shape index (κ2) is 10.4. The number of carbonyl (C=O) groups is 2. The lowest BCUT2D eigenvalue weighted by Crippen LogP contribution is -2.35. The first-order valence-electron chi connectivity index (χ1n) is 9.96. The summed E-state index contributed by atoms with van der Waals surface area (Å²) >= 11 is 0. The number of hydrogen-bond acceptors (Lipinski definition) is 3. The van der Waals surface area contributed by atoms with E-state index in [1.165, 1.54) is 0 Å². The van der Waals surface area contributed by atoms with Crippen LogP contribution in [0.4, 0.5) is 0 Å². The van der Waals surface area contributed by atoms with Crippen LogP contribution in [0.3, 0.4) is 0 Å². The van der Waals surface area contributed by atoms with E-state index in [9.17, 15) is 9.59 Å². The highest BCUT2D eigenvalue weighted by atomic mass is 16.2. The smallest absolute Gasteiger partial charge is 0.251 e. The van der Waals surface area contributed by atoms with Gasteiger partial charge in [0.2, 0.25) is 5.91 Å². The maximum Gasteiger partial charge on any atom is 0.251 e. The van der Waals surface area contributed by atoms with E-state index in [0.717, 1.165) is 22.8 Å². The van der Waals surface area contributed by atoms with Crippen molar-refractivity contribution in [3.63, 3.8) is 0 Å². The van der Waals surface area contributed by atoms with Crippen LogP contribution >= 0.6 is 0 Å². The zero-order valence-electron chi connectivity index (χ0n) is 16.5. The molecule has 0 aliphatic carbocycles. The predicted octanol–water partition coefficient (Wildman–Crippen LogP) is 3.34. The second-order valence-electron chi connectivity index (χ2n) is 7.01. The van der Waals surface area contributed by atoms with Crippen molar-refractivity contribution < 1.29 is 9.59 Å². The molecule has 0 atom stereocenters. The van der Waals surface area contributed by atoms with Gasteiger partial charge >= 0.3 is 0 Å². The normalized spacial score (nSPS) is 10.7. The van der Waals surface area contributed by atoms with Gasteiger partial charge in [0.25, 0.3) is 5.91 Å². The third-order valence-electron chi connectivity index (χ3n) is 4.84. The Balaban J connectivity index is 1.54. The number of nitrogens with two attached hydrogens (primary N) is 1. The summed E-state index contributed by atoms with van der Waals surface area (Å²) in [4.78, 5) is 26.9. The van der Waals surface area contributed by atoms with E-state index in [1.807, 2.05) is 77.7 Å². The zero-order valence-corrected chi connectivity index (χ0v) is 16.5. The molecule has 0 saturated heterocycles. The number of nitrogens with zero attached hydrogens (tertiary/aromatic N) is 1. The lowest BCUT2D eigenvalue weighted by molar-refractivity contribution is -0.131. The SMILES string of the molecule is NCCCN(Cc1ccccc1)C(=O)CCNC(=O)c1ccc2ccccc2c1. The average Bonchev–Trinajstić information content (AvgIpc) is 2.76. The molecule has 0 heterocycles. The summed E-state index contributed by atoms with van der Waals surface area (Å²) in [5.41, 5.74) is 7.30. The van der Waals surface area contributed by atoms with E-state index in [4.69, 9.17) is 5.73 Å². The van der Waals surface area contributed by atoms with Gasteiger partial charge in [-0.15, -0.1) is 0 Å². The summed E-state index contributed by atoms with van der Waals surface area (Å²) in [5.74, 6) is -0.152. The molecule has 0 aliphatic heterocycles. The molecule has 0 spiro atoms. The highest BCUT2D eigenvalue weighted by Gasteiger charge is 2.14. The molecule has 3 aromatic rings. The molecule has 2 amide bonds. The summed E-state index contributed by atoms with van der Waals surface area (Å²) < 4.78 is 0. The molecule has 3 rings (SSSR count). The first-order valence-corrected chi connectivity index (χ1v) is 9.96. The van der Waals surface area contributed by atoms with E-state index in [0.29, 0.717) is 31.7 Å². The van der Waals surface area contributed by atoms with Gasteiger partial charge in [-0.2, -0.15) is 0 Å². The molecule has 0 saturated carbocycles. The van der Waals surface area contributed by atoms with Crippen LogP contribution in [0.5, 0.6) is 0 Å². The largest absolute Gasteiger partial charge is 0.352 e. The van der Waals surface area contributed by atoms with Crippen molar-refractivity contribution in [2.45, 2.75) is 19.4 Å². The van der Waals surface area contributed by atoms with Crippen LogP contribution in [-0.2, 0) is 11.3 Å². The summed E-state index contributed by atoms with van der Waals surface area (Å²) in [6.45, 7) is 2.01. The molecule has 29 heavy (non-hydrogen) atoms. The summed E-state index contributed by atoms with van der Waals surface area (Å²) in [5, 5.41) is 4.97. The predicted molar refractivity (Wildman–Crippen MR) is 116 cm³/mol. The highest BCUT2D eigenvalue weighted by Crippen LogP contribution is 2.15. The maximum atomic E-state index is 12.7. The Morgan fingerprint density at radius 2 is 1.62 bits per heavy atom. The quantitative estimate of drug-likeness (QED) is 0.589. The molecule has 3 N–H and O–H groups in total. The van der Waals surface area contributed by atoms with E-state index in [-0.39, 0.29) is 18.2 Å². The van der Waals surface area contributed by atoms with Crippen LogP contribution in [0.2, 0.25) is 0 Å². The van der Waals surface area contributed by atoms with Gasteiger partial charge in [-0.05, 0) is 41.4 Å². The summed E-state index contributed by atoms with van der Waals surface area (Å²) in [6, 6.07) is 23.4. The maximum absolute atomic E-state index is 12.7. The molecule has 0 unspecified atom stereocenters. The first kappa shape index (κ1) is 20.6. The Hall–Kier alpha value is -3.18. The molecule has 0 aromatic heterocycles. The van der Waals surface area contributed by atoms with Gasteiger partial charge in [0.05, 0.1) is 0 Å². The van der Waals surface area contributed by atoms with E-state index < -0.39 is 0 Å². The molecule has 0 fully saturated rings. The van der Waals surface area contributed by atoms with Gasteiger partial charge in [0.1, 0.15) is 0 Å². The summed E-state index contributed by atoms with van der Waals surface area (Å²) in [7, 11) is 0. The van der Waals surface area contributed by atoms with Crippen molar-refractivity contribution in [3.8, 4) is 0 Å². The minimum atomic E-state index is -0.167. The fourth-order valence-corrected chi connectivity index (χ4v) is 3.25. The van der Waals surface area contributed by atoms with Crippen LogP contribution in [0.15, 0.2) is 72.8 Å². The summed E-state index contributed by atoms with van der Waals surface area (Å²) in [6.07, 6.45) is 1.01. The van der Waals surface area contributed by atoms with Crippen LogP contribution in [0.1, 0.15) is 28.8 Å². The van der Waals surface area contributed by atoms with E-state index in [2.05, 4.69) is 5.32 Å². The van der Waals surface area contributed by atoms with Crippen molar-refractivity contribution in [1.82, 2.24) is 10.2 Å². The van der Waals surface area contributed by atoms with Gasteiger partial charge in [0.15, 0.2) is 0 Å². The van der Waals surface area contributed by atoms with Gasteiger partial charge in [-0.3, -0.25) is 9.59 Å². The fraction of sp³-hybridized carbons (Fsp3) is 0.250. The van der Waals surface area contributed by atoms with Crippen molar-refractivity contribution in [3.05, 3.63) is 83.9 Å². The standard InChI is InChI=1S/C24H27N3O2/c25-14-6-16-27(18-19-7-2-1-3-8-19)23(28)13-15-26-24(29)22-12-11-20-9-4-5-10-21(20)17-22/h1-5,7-12,17H,6,13-16,18,25H2,(H,26,29). The van der Waals surface area contributed by atoms with Crippen molar-refractivity contribution >= 4 is 22.6 Å². The molecular weight excluding hydrogens is 362 g/mol. The Bertz CT molecular complexity index is 957. The van der Waals surface area contributed by atoms with Crippen LogP contribution in [-0.4, -0.2) is 36.3 Å². The average molecular weight is 389 g/mol. The van der Waals surface area contributed by atoms with Crippen molar-refractivity contribution in [1.29, 1.82) is 0 Å². The zero-order chi connectivity index (χ0) is 20.5. The van der Waals surface area contributed by atoms with Gasteiger partial charge in [0, 0.05) is 31.6 Å². The fourth-order valence-electron chi connectivity index (χ4n) is 3.25. The number of carbonyl (C=O) groups excluding carboxylic acids is 2. The molecule has 3 aromatic carbocycles. The lowest BCUT2D eigenvalue weighted by Gasteiger charge is -2.23. The first-order chi connectivity index (χ1) is 14.2. The van der Waals surface area contributed by atoms with Crippen LogP contribution in [0, 0.1) is 0 Å². The van der Waals surface area contributed by atoms with Gasteiger partial charge in [-0.25, -0.2) is 0 Å². The third-order valence-corrected chi connectivity index (χ3v) is 4.84. The number of fused-ring (bicyclic) bond motifs is 1. The second-order valence-corrected chi connectivity index (χ2v) is 7.01. The number of amides is 2. The number of benzene rings is 3.